The Morgan fingerprint density at radius 3 is 1.85 bits per heavy atom. The van der Waals surface area contributed by atoms with E-state index in [4.69, 9.17) is 42.1 Å². The fourth-order valence-corrected chi connectivity index (χ4v) is 6.26. The van der Waals surface area contributed by atoms with Gasteiger partial charge in [0.05, 0.1) is 44.3 Å². The first-order chi connectivity index (χ1) is 23.0. The molecular weight excluding hydrogens is 631 g/mol. The van der Waals surface area contributed by atoms with E-state index >= 15 is 0 Å². The van der Waals surface area contributed by atoms with Gasteiger partial charge in [0.15, 0.2) is 5.15 Å². The van der Waals surface area contributed by atoms with Crippen molar-refractivity contribution in [1.82, 2.24) is 10.2 Å². The van der Waals surface area contributed by atoms with Gasteiger partial charge in [-0.05, 0) is 46.0 Å². The van der Waals surface area contributed by atoms with Gasteiger partial charge in [-0.25, -0.2) is 0 Å². The van der Waals surface area contributed by atoms with Crippen LogP contribution in [0.15, 0.2) is 121 Å². The van der Waals surface area contributed by atoms with Crippen LogP contribution >= 0.6 is 23.2 Å². The van der Waals surface area contributed by atoms with Gasteiger partial charge in [0, 0.05) is 17.4 Å². The number of ether oxygens (including phenoxy) is 4. The molecule has 4 aromatic carbocycles. The van der Waals surface area contributed by atoms with Crippen LogP contribution in [0.1, 0.15) is 46.5 Å². The molecule has 0 amide bonds. The number of aromatic nitrogens is 2. The zero-order valence-corrected chi connectivity index (χ0v) is 27.8. The second kappa shape index (κ2) is 16.5. The summed E-state index contributed by atoms with van der Waals surface area (Å²) >= 11 is 12.7. The third-order valence-electron chi connectivity index (χ3n) is 8.43. The molecule has 0 aliphatic carbocycles. The molecule has 1 aliphatic heterocycles. The Morgan fingerprint density at radius 2 is 1.26 bits per heavy atom. The highest BCUT2D eigenvalue weighted by Gasteiger charge is 2.46. The number of hydrogen-bond acceptors (Lipinski definition) is 6. The molecule has 1 fully saturated rings. The van der Waals surface area contributed by atoms with Crippen molar-refractivity contribution in [1.29, 1.82) is 0 Å². The van der Waals surface area contributed by atoms with Crippen LogP contribution in [0, 0.1) is 5.92 Å². The molecule has 0 saturated carbocycles. The summed E-state index contributed by atoms with van der Waals surface area (Å²) in [6.07, 6.45) is -0.852. The van der Waals surface area contributed by atoms with E-state index in [9.17, 15) is 0 Å². The van der Waals surface area contributed by atoms with Gasteiger partial charge in [0.2, 0.25) is 0 Å². The average Bonchev–Trinajstić information content (AvgIpc) is 3.11. The number of benzene rings is 4. The molecule has 0 spiro atoms. The van der Waals surface area contributed by atoms with Gasteiger partial charge < -0.3 is 18.9 Å². The lowest BCUT2D eigenvalue weighted by Crippen LogP contribution is -2.54. The maximum absolute atomic E-state index is 6.95. The first kappa shape index (κ1) is 33.3. The zero-order chi connectivity index (χ0) is 32.4. The van der Waals surface area contributed by atoms with Crippen molar-refractivity contribution in [3.05, 3.63) is 165 Å². The SMILES string of the molecule is CC1C(c2ccc(Cl)c(Cc3ccc(Cl)nn3)c2)OC(COCc2ccccc2)C(OCc2ccccc2)C1OCc1ccccc1. The third kappa shape index (κ3) is 9.05. The molecule has 0 bridgehead atoms. The minimum Gasteiger partial charge on any atom is -0.374 e. The predicted molar refractivity (Wildman–Crippen MR) is 184 cm³/mol. The van der Waals surface area contributed by atoms with E-state index in [1.165, 1.54) is 0 Å². The Bertz CT molecular complexity index is 1680. The molecule has 6 nitrogen and oxygen atoms in total. The Morgan fingerprint density at radius 1 is 0.660 bits per heavy atom. The highest BCUT2D eigenvalue weighted by Crippen LogP contribution is 2.41. The van der Waals surface area contributed by atoms with E-state index in [-0.39, 0.29) is 24.2 Å². The van der Waals surface area contributed by atoms with E-state index in [0.717, 1.165) is 33.5 Å². The summed E-state index contributed by atoms with van der Waals surface area (Å²) in [5.74, 6) is -0.0609. The molecule has 5 aromatic rings. The Labute approximate surface area is 286 Å². The quantitative estimate of drug-likeness (QED) is 0.125. The minimum atomic E-state index is -0.398. The first-order valence-corrected chi connectivity index (χ1v) is 16.6. The van der Waals surface area contributed by atoms with E-state index in [2.05, 4.69) is 59.6 Å². The number of nitrogens with zero attached hydrogens (tertiary/aromatic N) is 2. The molecule has 5 unspecified atom stereocenters. The summed E-state index contributed by atoms with van der Waals surface area (Å²) in [6.45, 7) is 3.85. The van der Waals surface area contributed by atoms with Crippen LogP contribution in [0.25, 0.3) is 0 Å². The maximum Gasteiger partial charge on any atom is 0.151 e. The summed E-state index contributed by atoms with van der Waals surface area (Å²) in [4.78, 5) is 0. The summed E-state index contributed by atoms with van der Waals surface area (Å²) in [6, 6.07) is 40.2. The normalized spacial score (nSPS) is 21.0. The topological polar surface area (TPSA) is 62.7 Å². The lowest BCUT2D eigenvalue weighted by atomic mass is 9.84. The van der Waals surface area contributed by atoms with Crippen molar-refractivity contribution in [3.63, 3.8) is 0 Å². The van der Waals surface area contributed by atoms with Gasteiger partial charge in [-0.3, -0.25) is 0 Å². The monoisotopic (exact) mass is 668 g/mol. The van der Waals surface area contributed by atoms with Crippen molar-refractivity contribution >= 4 is 23.2 Å². The summed E-state index contributed by atoms with van der Waals surface area (Å²) in [7, 11) is 0. The maximum atomic E-state index is 6.95. The molecule has 6 rings (SSSR count). The minimum absolute atomic E-state index is 0.0609. The summed E-state index contributed by atoms with van der Waals surface area (Å²) in [5.41, 5.74) is 5.98. The van der Waals surface area contributed by atoms with Crippen LogP contribution in [0.5, 0.6) is 0 Å². The van der Waals surface area contributed by atoms with Crippen molar-refractivity contribution in [2.75, 3.05) is 6.61 Å². The Kier molecular flexibility index (Phi) is 11.7. The van der Waals surface area contributed by atoms with E-state index in [1.807, 2.05) is 72.8 Å². The number of halogens is 2. The molecule has 1 aromatic heterocycles. The lowest BCUT2D eigenvalue weighted by molar-refractivity contribution is -0.244. The molecule has 1 saturated heterocycles. The van der Waals surface area contributed by atoms with E-state index in [1.54, 1.807) is 6.07 Å². The largest absolute Gasteiger partial charge is 0.374 e. The van der Waals surface area contributed by atoms with Crippen molar-refractivity contribution in [2.24, 2.45) is 5.92 Å². The molecule has 1 aliphatic rings. The number of rotatable bonds is 13. The molecule has 47 heavy (non-hydrogen) atoms. The van der Waals surface area contributed by atoms with Crippen LogP contribution in [0.2, 0.25) is 10.2 Å². The summed E-state index contributed by atoms with van der Waals surface area (Å²) in [5, 5.41) is 9.24. The van der Waals surface area contributed by atoms with Crippen LogP contribution < -0.4 is 0 Å². The lowest BCUT2D eigenvalue weighted by Gasteiger charge is -2.46. The van der Waals surface area contributed by atoms with Crippen LogP contribution in [-0.4, -0.2) is 35.1 Å². The van der Waals surface area contributed by atoms with Gasteiger partial charge in [-0.15, -0.1) is 5.10 Å². The standard InChI is InChI=1S/C39H38Cl2N2O4/c1-27-37(31-17-19-34(40)32(21-31)22-33-18-20-36(41)43-42-33)47-35(26-44-23-28-11-5-2-6-12-28)39(46-25-30-15-9-4-10-16-30)38(27)45-24-29-13-7-3-8-14-29/h2-21,27,35,37-39H,22-26H2,1H3. The Hall–Kier alpha value is -3.62. The molecule has 0 N–H and O–H groups in total. The molecule has 2 heterocycles. The first-order valence-electron chi connectivity index (χ1n) is 15.9. The molecule has 5 atom stereocenters. The highest BCUT2D eigenvalue weighted by atomic mass is 35.5. The third-order valence-corrected chi connectivity index (χ3v) is 9.00. The summed E-state index contributed by atoms with van der Waals surface area (Å²) < 4.78 is 26.7. The van der Waals surface area contributed by atoms with Gasteiger partial charge in [-0.1, -0.05) is 133 Å². The second-order valence-corrected chi connectivity index (χ2v) is 12.6. The van der Waals surface area contributed by atoms with Gasteiger partial charge in [0.25, 0.3) is 0 Å². The fraction of sp³-hybridized carbons (Fsp3) is 0.282. The smallest absolute Gasteiger partial charge is 0.151 e. The van der Waals surface area contributed by atoms with E-state index in [0.29, 0.717) is 43.0 Å². The molecular formula is C39H38Cl2N2O4. The van der Waals surface area contributed by atoms with Gasteiger partial charge in [-0.2, -0.15) is 5.10 Å². The molecule has 0 radical (unpaired) electrons. The number of hydrogen-bond donors (Lipinski definition) is 0. The Balaban J connectivity index is 1.29. The second-order valence-electron chi connectivity index (χ2n) is 11.9. The average molecular weight is 670 g/mol. The van der Waals surface area contributed by atoms with Crippen molar-refractivity contribution in [2.45, 2.75) is 57.6 Å². The van der Waals surface area contributed by atoms with Gasteiger partial charge >= 0.3 is 0 Å². The van der Waals surface area contributed by atoms with Crippen LogP contribution in [0.4, 0.5) is 0 Å². The predicted octanol–water partition coefficient (Wildman–Crippen LogP) is 8.84. The van der Waals surface area contributed by atoms with E-state index < -0.39 is 6.10 Å². The molecule has 242 valence electrons. The highest BCUT2D eigenvalue weighted by molar-refractivity contribution is 6.31. The van der Waals surface area contributed by atoms with Gasteiger partial charge in [0.1, 0.15) is 12.2 Å². The van der Waals surface area contributed by atoms with Crippen molar-refractivity contribution in [3.8, 4) is 0 Å². The molecule has 8 heteroatoms. The zero-order valence-electron chi connectivity index (χ0n) is 26.3. The van der Waals surface area contributed by atoms with Crippen LogP contribution in [-0.2, 0) is 45.2 Å². The van der Waals surface area contributed by atoms with Crippen molar-refractivity contribution < 1.29 is 18.9 Å². The van der Waals surface area contributed by atoms with Crippen LogP contribution in [0.3, 0.4) is 0 Å². The fourth-order valence-electron chi connectivity index (χ4n) is 5.98.